The Bertz CT molecular complexity index is 1670. The molecule has 1 aliphatic carbocycles. The fourth-order valence-corrected chi connectivity index (χ4v) is 5.59. The number of ether oxygens (including phenoxy) is 1. The zero-order chi connectivity index (χ0) is 28.2. The average Bonchev–Trinajstić information content (AvgIpc) is 3.40. The van der Waals surface area contributed by atoms with Crippen LogP contribution >= 0.6 is 0 Å². The predicted octanol–water partition coefficient (Wildman–Crippen LogP) is 7.26. The number of nitrogens with one attached hydrogen (secondary N) is 3. The second-order valence-electron chi connectivity index (χ2n) is 10.4. The van der Waals surface area contributed by atoms with Crippen LogP contribution in [0.4, 0.5) is 16.3 Å². The lowest BCUT2D eigenvalue weighted by atomic mass is 9.96. The van der Waals surface area contributed by atoms with Crippen LogP contribution in [0.2, 0.25) is 0 Å². The molecule has 208 valence electrons. The molecule has 0 saturated heterocycles. The van der Waals surface area contributed by atoms with Gasteiger partial charge in [-0.1, -0.05) is 55.7 Å². The van der Waals surface area contributed by atoms with Crippen LogP contribution < -0.4 is 20.7 Å². The molecule has 2 heterocycles. The minimum Gasteiger partial charge on any atom is -0.497 e. The summed E-state index contributed by atoms with van der Waals surface area (Å²) in [6.45, 7) is 0. The van der Waals surface area contributed by atoms with Gasteiger partial charge in [-0.3, -0.25) is 0 Å². The highest BCUT2D eigenvalue weighted by Gasteiger charge is 2.17. The molecule has 1 saturated carbocycles. The van der Waals surface area contributed by atoms with Crippen molar-refractivity contribution < 1.29 is 9.53 Å². The number of rotatable bonds is 7. The number of aromatic nitrogens is 3. The second-order valence-corrected chi connectivity index (χ2v) is 10.4. The summed E-state index contributed by atoms with van der Waals surface area (Å²) < 4.78 is 7.47. The lowest BCUT2D eigenvalue weighted by molar-refractivity contribution is 0.244. The SMILES string of the molecule is CNc1cc(-n2cc(-c3ccc(OC)cc3)c3ccc(-c4cccc(NC(=O)NC5CCCCC5)c4)cc32)ncn1. The third-order valence-corrected chi connectivity index (χ3v) is 7.76. The van der Waals surface area contributed by atoms with Crippen LogP contribution in [0.3, 0.4) is 0 Å². The number of benzene rings is 3. The Kier molecular flexibility index (Phi) is 7.54. The van der Waals surface area contributed by atoms with Crippen LogP contribution in [0, 0.1) is 0 Å². The summed E-state index contributed by atoms with van der Waals surface area (Å²) in [5.41, 5.74) is 6.01. The summed E-state index contributed by atoms with van der Waals surface area (Å²) >= 11 is 0. The molecule has 0 unspecified atom stereocenters. The van der Waals surface area contributed by atoms with Gasteiger partial charge in [-0.25, -0.2) is 14.8 Å². The van der Waals surface area contributed by atoms with Crippen molar-refractivity contribution in [2.75, 3.05) is 24.8 Å². The smallest absolute Gasteiger partial charge is 0.319 e. The molecule has 3 N–H and O–H groups in total. The summed E-state index contributed by atoms with van der Waals surface area (Å²) in [5, 5.41) is 10.4. The number of urea groups is 1. The van der Waals surface area contributed by atoms with E-state index in [4.69, 9.17) is 4.74 Å². The van der Waals surface area contributed by atoms with Crippen molar-refractivity contribution in [3.8, 4) is 33.8 Å². The summed E-state index contributed by atoms with van der Waals surface area (Å²) in [6, 6.07) is 24.5. The first kappa shape index (κ1) is 26.4. The Morgan fingerprint density at radius 2 is 1.68 bits per heavy atom. The number of methoxy groups -OCH3 is 1. The van der Waals surface area contributed by atoms with E-state index < -0.39 is 0 Å². The van der Waals surface area contributed by atoms with Crippen molar-refractivity contribution in [3.05, 3.63) is 85.3 Å². The first-order valence-electron chi connectivity index (χ1n) is 14.1. The Morgan fingerprint density at radius 1 is 0.902 bits per heavy atom. The monoisotopic (exact) mass is 546 g/mol. The predicted molar refractivity (Wildman–Crippen MR) is 165 cm³/mol. The van der Waals surface area contributed by atoms with Crippen LogP contribution in [-0.2, 0) is 0 Å². The van der Waals surface area contributed by atoms with Crippen LogP contribution in [0.15, 0.2) is 85.3 Å². The average molecular weight is 547 g/mol. The van der Waals surface area contributed by atoms with Gasteiger partial charge in [-0.2, -0.15) is 0 Å². The summed E-state index contributed by atoms with van der Waals surface area (Å²) in [4.78, 5) is 21.6. The molecule has 8 heteroatoms. The quantitative estimate of drug-likeness (QED) is 0.200. The van der Waals surface area contributed by atoms with Crippen LogP contribution in [0.1, 0.15) is 32.1 Å². The third-order valence-electron chi connectivity index (χ3n) is 7.76. The molecule has 1 aliphatic rings. The zero-order valence-corrected chi connectivity index (χ0v) is 23.4. The van der Waals surface area contributed by atoms with Gasteiger partial charge < -0.3 is 25.3 Å². The van der Waals surface area contributed by atoms with E-state index in [1.165, 1.54) is 19.3 Å². The molecule has 0 spiro atoms. The van der Waals surface area contributed by atoms with E-state index in [-0.39, 0.29) is 12.1 Å². The molecule has 2 amide bonds. The van der Waals surface area contributed by atoms with Gasteiger partial charge in [0.15, 0.2) is 0 Å². The molecule has 1 fully saturated rings. The van der Waals surface area contributed by atoms with E-state index in [1.54, 1.807) is 13.4 Å². The highest BCUT2D eigenvalue weighted by molar-refractivity contribution is 5.99. The van der Waals surface area contributed by atoms with Crippen molar-refractivity contribution in [2.24, 2.45) is 0 Å². The van der Waals surface area contributed by atoms with Crippen LogP contribution in [-0.4, -0.2) is 40.8 Å². The normalized spacial score (nSPS) is 13.6. The van der Waals surface area contributed by atoms with Gasteiger partial charge in [-0.05, 0) is 59.9 Å². The number of hydrogen-bond donors (Lipinski definition) is 3. The Labute approximate surface area is 239 Å². The van der Waals surface area contributed by atoms with Gasteiger partial charge >= 0.3 is 6.03 Å². The minimum absolute atomic E-state index is 0.147. The topological polar surface area (TPSA) is 93.1 Å². The van der Waals surface area contributed by atoms with E-state index in [2.05, 4.69) is 73.1 Å². The number of anilines is 2. The summed E-state index contributed by atoms with van der Waals surface area (Å²) in [7, 11) is 3.52. The molecule has 0 radical (unpaired) electrons. The maximum absolute atomic E-state index is 12.7. The van der Waals surface area contributed by atoms with E-state index in [9.17, 15) is 4.79 Å². The summed E-state index contributed by atoms with van der Waals surface area (Å²) in [5.74, 6) is 2.32. The Morgan fingerprint density at radius 3 is 2.46 bits per heavy atom. The molecule has 41 heavy (non-hydrogen) atoms. The van der Waals surface area contributed by atoms with Gasteiger partial charge in [0.05, 0.1) is 12.6 Å². The van der Waals surface area contributed by atoms with Crippen molar-refractivity contribution in [1.82, 2.24) is 19.9 Å². The zero-order valence-electron chi connectivity index (χ0n) is 23.4. The van der Waals surface area contributed by atoms with Gasteiger partial charge in [0.25, 0.3) is 0 Å². The molecule has 6 rings (SSSR count). The lowest BCUT2D eigenvalue weighted by Crippen LogP contribution is -2.39. The number of carbonyl (C=O) groups is 1. The third kappa shape index (κ3) is 5.72. The molecule has 8 nitrogen and oxygen atoms in total. The fourth-order valence-electron chi connectivity index (χ4n) is 5.59. The van der Waals surface area contributed by atoms with Gasteiger partial charge in [0, 0.05) is 42.0 Å². The minimum atomic E-state index is -0.147. The van der Waals surface area contributed by atoms with Gasteiger partial charge in [0.2, 0.25) is 0 Å². The van der Waals surface area contributed by atoms with Gasteiger partial charge in [0.1, 0.15) is 23.7 Å². The number of nitrogens with zero attached hydrogens (tertiary/aromatic N) is 3. The van der Waals surface area contributed by atoms with Crippen molar-refractivity contribution in [3.63, 3.8) is 0 Å². The molecule has 2 aromatic heterocycles. The fraction of sp³-hybridized carbons (Fsp3) is 0.242. The first-order chi connectivity index (χ1) is 20.1. The van der Waals surface area contributed by atoms with E-state index in [0.717, 1.165) is 69.1 Å². The molecule has 3 aromatic carbocycles. The number of fused-ring (bicyclic) bond motifs is 1. The van der Waals surface area contributed by atoms with Gasteiger partial charge in [-0.15, -0.1) is 0 Å². The van der Waals surface area contributed by atoms with E-state index in [1.807, 2.05) is 43.4 Å². The number of hydrogen-bond acceptors (Lipinski definition) is 5. The lowest BCUT2D eigenvalue weighted by Gasteiger charge is -2.22. The molecule has 5 aromatic rings. The maximum Gasteiger partial charge on any atom is 0.319 e. The Balaban J connectivity index is 1.36. The second kappa shape index (κ2) is 11.7. The molecule has 0 atom stereocenters. The largest absolute Gasteiger partial charge is 0.497 e. The first-order valence-corrected chi connectivity index (χ1v) is 14.1. The molecule has 0 aliphatic heterocycles. The van der Waals surface area contributed by atoms with Crippen LogP contribution in [0.5, 0.6) is 5.75 Å². The highest BCUT2D eigenvalue weighted by Crippen LogP contribution is 2.36. The summed E-state index contributed by atoms with van der Waals surface area (Å²) in [6.07, 6.45) is 9.39. The number of amides is 2. The molecular formula is C33H34N6O2. The van der Waals surface area contributed by atoms with E-state index >= 15 is 0 Å². The van der Waals surface area contributed by atoms with Crippen molar-refractivity contribution >= 4 is 28.4 Å². The van der Waals surface area contributed by atoms with Crippen molar-refractivity contribution in [1.29, 1.82) is 0 Å². The highest BCUT2D eigenvalue weighted by atomic mass is 16.5. The molecule has 0 bridgehead atoms. The Hall–Kier alpha value is -4.85. The molecular weight excluding hydrogens is 512 g/mol. The van der Waals surface area contributed by atoms with Crippen LogP contribution in [0.25, 0.3) is 39.0 Å². The van der Waals surface area contributed by atoms with Crippen molar-refractivity contribution in [2.45, 2.75) is 38.1 Å². The number of carbonyl (C=O) groups excluding carboxylic acids is 1. The standard InChI is InChI=1S/C33H34N6O2/c1-34-31-19-32(36-21-35-31)39-20-29(22-11-14-27(41-2)15-12-22)28-16-13-24(18-30(28)39)23-7-6-10-26(17-23)38-33(40)37-25-8-4-3-5-9-25/h6-7,10-21,25H,3-5,8-9H2,1-2H3,(H,34,35,36)(H2,37,38,40). The van der Waals surface area contributed by atoms with E-state index in [0.29, 0.717) is 0 Å². The maximum atomic E-state index is 12.7.